The van der Waals surface area contributed by atoms with Gasteiger partial charge in [0.1, 0.15) is 11.4 Å². The standard InChI is InChI=1S/C23H43N2O10P/c1-21(26)9-6-5-7-12-32-36(28,33-13-8-10-24)34-20-19-31-18-17-30-16-15-29-14-11-25-22(27)35-23(2,3)4/h5-9,11-20H2,1-4H3,(H,25,27). The van der Waals surface area contributed by atoms with E-state index < -0.39 is 19.5 Å². The number of carbonyl (C=O) groups excluding carboxylic acids is 2. The first-order chi connectivity index (χ1) is 17.1. The van der Waals surface area contributed by atoms with Crippen LogP contribution >= 0.6 is 7.82 Å². The van der Waals surface area contributed by atoms with Gasteiger partial charge in [-0.2, -0.15) is 5.26 Å². The van der Waals surface area contributed by atoms with Crippen molar-refractivity contribution in [3.8, 4) is 6.07 Å². The van der Waals surface area contributed by atoms with Crippen LogP contribution in [0.4, 0.5) is 4.79 Å². The summed E-state index contributed by atoms with van der Waals surface area (Å²) in [7, 11) is -3.79. The number of phosphoric ester groups is 1. The fourth-order valence-corrected chi connectivity index (χ4v) is 3.62. The highest BCUT2D eigenvalue weighted by atomic mass is 31.2. The molecule has 0 fully saturated rings. The molecule has 0 saturated heterocycles. The predicted molar refractivity (Wildman–Crippen MR) is 132 cm³/mol. The van der Waals surface area contributed by atoms with Crippen molar-refractivity contribution < 1.29 is 46.7 Å². The molecule has 0 aliphatic heterocycles. The van der Waals surface area contributed by atoms with E-state index >= 15 is 0 Å². The molecule has 36 heavy (non-hydrogen) atoms. The maximum atomic E-state index is 12.7. The Balaban J connectivity index is 3.78. The zero-order valence-corrected chi connectivity index (χ0v) is 23.0. The third-order valence-corrected chi connectivity index (χ3v) is 5.52. The molecule has 210 valence electrons. The highest BCUT2D eigenvalue weighted by molar-refractivity contribution is 7.48. The van der Waals surface area contributed by atoms with Crippen LogP contribution in [0.3, 0.4) is 0 Å². The van der Waals surface area contributed by atoms with Gasteiger partial charge in [0, 0.05) is 13.0 Å². The first-order valence-corrected chi connectivity index (χ1v) is 13.6. The summed E-state index contributed by atoms with van der Waals surface area (Å²) in [4.78, 5) is 22.4. The Hall–Kier alpha value is -1.58. The summed E-state index contributed by atoms with van der Waals surface area (Å²) in [6, 6.07) is 1.90. The monoisotopic (exact) mass is 538 g/mol. The molecule has 1 N–H and O–H groups in total. The molecule has 0 aliphatic rings. The van der Waals surface area contributed by atoms with Gasteiger partial charge in [-0.25, -0.2) is 9.36 Å². The molecule has 1 unspecified atom stereocenters. The van der Waals surface area contributed by atoms with E-state index in [2.05, 4.69) is 5.32 Å². The van der Waals surface area contributed by atoms with Crippen LogP contribution in [0, 0.1) is 11.3 Å². The largest absolute Gasteiger partial charge is 0.474 e. The van der Waals surface area contributed by atoms with Gasteiger partial charge in [-0.1, -0.05) is 6.42 Å². The molecule has 13 heteroatoms. The molecule has 1 atom stereocenters. The van der Waals surface area contributed by atoms with E-state index in [1.165, 1.54) is 0 Å². The van der Waals surface area contributed by atoms with Crippen molar-refractivity contribution in [2.45, 2.75) is 65.4 Å². The molecule has 0 saturated carbocycles. The summed E-state index contributed by atoms with van der Waals surface area (Å²) in [5, 5.41) is 11.2. The number of nitrogens with one attached hydrogen (secondary N) is 1. The van der Waals surface area contributed by atoms with E-state index in [-0.39, 0.29) is 38.6 Å². The van der Waals surface area contributed by atoms with Gasteiger partial charge < -0.3 is 29.1 Å². The number of amides is 1. The second-order valence-corrected chi connectivity index (χ2v) is 10.3. The average molecular weight is 539 g/mol. The number of alkyl carbamates (subject to hydrolysis) is 1. The van der Waals surface area contributed by atoms with Gasteiger partial charge >= 0.3 is 13.9 Å². The van der Waals surface area contributed by atoms with Crippen LogP contribution in [0.25, 0.3) is 0 Å². The lowest BCUT2D eigenvalue weighted by molar-refractivity contribution is -0.117. The molecule has 1 amide bonds. The molecular formula is C23H43N2O10P. The zero-order valence-electron chi connectivity index (χ0n) is 22.1. The van der Waals surface area contributed by atoms with Crippen LogP contribution in [0.15, 0.2) is 0 Å². The fourth-order valence-electron chi connectivity index (χ4n) is 2.43. The number of hydrogen-bond acceptors (Lipinski definition) is 11. The molecule has 0 heterocycles. The number of rotatable bonds is 23. The van der Waals surface area contributed by atoms with E-state index in [4.69, 9.17) is 37.8 Å². The summed E-state index contributed by atoms with van der Waals surface area (Å²) >= 11 is 0. The van der Waals surface area contributed by atoms with Crippen LogP contribution in [-0.4, -0.2) is 83.5 Å². The fraction of sp³-hybridized carbons (Fsp3) is 0.870. The van der Waals surface area contributed by atoms with E-state index in [9.17, 15) is 14.2 Å². The normalized spacial score (nSPS) is 13.1. The number of hydrogen-bond donors (Lipinski definition) is 1. The van der Waals surface area contributed by atoms with E-state index in [0.29, 0.717) is 52.4 Å². The quantitative estimate of drug-likeness (QED) is 0.149. The number of ether oxygens (including phenoxy) is 4. The predicted octanol–water partition coefficient (Wildman–Crippen LogP) is 3.78. The lowest BCUT2D eigenvalue weighted by Crippen LogP contribution is -2.34. The molecule has 0 aromatic rings. The van der Waals surface area contributed by atoms with Crippen molar-refractivity contribution in [3.63, 3.8) is 0 Å². The maximum absolute atomic E-state index is 12.7. The van der Waals surface area contributed by atoms with Crippen LogP contribution in [-0.2, 0) is 41.9 Å². The molecule has 0 radical (unpaired) electrons. The molecule has 0 aromatic carbocycles. The summed E-state index contributed by atoms with van der Waals surface area (Å²) in [6.07, 6.45) is 2.20. The molecule has 0 rings (SSSR count). The average Bonchev–Trinajstić information content (AvgIpc) is 2.78. The number of nitriles is 1. The minimum atomic E-state index is -3.79. The topological polar surface area (TPSA) is 152 Å². The Kier molecular flexibility index (Phi) is 20.6. The van der Waals surface area contributed by atoms with Crippen LogP contribution in [0.5, 0.6) is 0 Å². The summed E-state index contributed by atoms with van der Waals surface area (Å²) < 4.78 is 49.6. The Bertz CT molecular complexity index is 679. The summed E-state index contributed by atoms with van der Waals surface area (Å²) in [5.41, 5.74) is -0.538. The second-order valence-electron chi connectivity index (χ2n) is 8.63. The highest BCUT2D eigenvalue weighted by Crippen LogP contribution is 2.49. The van der Waals surface area contributed by atoms with Gasteiger partial charge in [-0.05, 0) is 40.5 Å². The molecule has 0 spiro atoms. The van der Waals surface area contributed by atoms with Crippen molar-refractivity contribution in [1.29, 1.82) is 5.26 Å². The van der Waals surface area contributed by atoms with Crippen LogP contribution < -0.4 is 5.32 Å². The van der Waals surface area contributed by atoms with Crippen molar-refractivity contribution in [3.05, 3.63) is 0 Å². The van der Waals surface area contributed by atoms with E-state index in [0.717, 1.165) is 12.8 Å². The number of unbranched alkanes of at least 4 members (excludes halogenated alkanes) is 2. The molecule has 0 aliphatic carbocycles. The first kappa shape index (κ1) is 34.4. The van der Waals surface area contributed by atoms with Crippen molar-refractivity contribution >= 4 is 19.7 Å². The van der Waals surface area contributed by atoms with E-state index in [1.54, 1.807) is 27.7 Å². The molecular weight excluding hydrogens is 495 g/mol. The Morgan fingerprint density at radius 3 is 1.94 bits per heavy atom. The summed E-state index contributed by atoms with van der Waals surface area (Å²) in [6.45, 7) is 9.23. The SMILES string of the molecule is CC(=O)CCCCCOP(=O)(OCCC#N)OCCOCCOCCOCCNC(=O)OC(C)(C)C. The highest BCUT2D eigenvalue weighted by Gasteiger charge is 2.26. The van der Waals surface area contributed by atoms with Crippen LogP contribution in [0.1, 0.15) is 59.8 Å². The molecule has 0 bridgehead atoms. The summed E-state index contributed by atoms with van der Waals surface area (Å²) in [5.74, 6) is 0.133. The zero-order chi connectivity index (χ0) is 27.1. The number of carbonyl (C=O) groups is 2. The van der Waals surface area contributed by atoms with Gasteiger partial charge in [-0.3, -0.25) is 13.6 Å². The van der Waals surface area contributed by atoms with E-state index in [1.807, 2.05) is 6.07 Å². The van der Waals surface area contributed by atoms with Gasteiger partial charge in [0.25, 0.3) is 0 Å². The third kappa shape index (κ3) is 24.1. The van der Waals surface area contributed by atoms with Gasteiger partial charge in [0.15, 0.2) is 0 Å². The Labute approximate surface area is 214 Å². The Morgan fingerprint density at radius 1 is 0.806 bits per heavy atom. The Morgan fingerprint density at radius 2 is 1.36 bits per heavy atom. The molecule has 0 aromatic heterocycles. The number of phosphoric acid groups is 1. The number of ketones is 1. The van der Waals surface area contributed by atoms with Gasteiger partial charge in [-0.15, -0.1) is 0 Å². The van der Waals surface area contributed by atoms with Gasteiger partial charge in [0.2, 0.25) is 0 Å². The van der Waals surface area contributed by atoms with Gasteiger partial charge in [0.05, 0.1) is 72.0 Å². The lowest BCUT2D eigenvalue weighted by Gasteiger charge is -2.19. The molecule has 12 nitrogen and oxygen atoms in total. The maximum Gasteiger partial charge on any atom is 0.474 e. The van der Waals surface area contributed by atoms with Crippen molar-refractivity contribution in [2.75, 3.05) is 66.0 Å². The smallest absolute Gasteiger partial charge is 0.444 e. The number of Topliss-reactive ketones (excluding diaryl/α,β-unsaturated/α-hetero) is 1. The first-order valence-electron chi connectivity index (χ1n) is 12.2. The second kappa shape index (κ2) is 21.5. The lowest BCUT2D eigenvalue weighted by atomic mass is 10.1. The minimum Gasteiger partial charge on any atom is -0.444 e. The number of nitrogens with zero attached hydrogens (tertiary/aromatic N) is 1. The minimum absolute atomic E-state index is 0.0120. The van der Waals surface area contributed by atoms with Crippen molar-refractivity contribution in [1.82, 2.24) is 5.32 Å². The third-order valence-electron chi connectivity index (χ3n) is 4.02. The van der Waals surface area contributed by atoms with Crippen molar-refractivity contribution in [2.24, 2.45) is 0 Å². The van der Waals surface area contributed by atoms with Crippen LogP contribution in [0.2, 0.25) is 0 Å².